The van der Waals surface area contributed by atoms with Crippen molar-refractivity contribution in [1.29, 1.82) is 0 Å². The topological polar surface area (TPSA) is 88.3 Å². The number of aryl methyl sites for hydroxylation is 2. The molecule has 1 heterocycles. The normalized spacial score (nSPS) is 9.94. The molecule has 0 bridgehead atoms. The van der Waals surface area contributed by atoms with E-state index in [0.717, 1.165) is 0 Å². The van der Waals surface area contributed by atoms with Crippen LogP contribution in [0.4, 0.5) is 0 Å². The van der Waals surface area contributed by atoms with Gasteiger partial charge in [0, 0.05) is 5.69 Å². The molecule has 0 saturated carbocycles. The highest BCUT2D eigenvalue weighted by atomic mass is 16.5. The fraction of sp³-hybridized carbons (Fsp3) is 0.417. The molecule has 0 aliphatic carbocycles. The Morgan fingerprint density at radius 2 is 2.06 bits per heavy atom. The Bertz CT molecular complexity index is 519. The van der Waals surface area contributed by atoms with Gasteiger partial charge in [-0.05, 0) is 32.4 Å². The van der Waals surface area contributed by atoms with Crippen LogP contribution in [0.15, 0.2) is 10.9 Å². The zero-order valence-electron chi connectivity index (χ0n) is 10.6. The molecule has 6 heteroatoms. The highest BCUT2D eigenvalue weighted by molar-refractivity contribution is 5.96. The molecule has 18 heavy (non-hydrogen) atoms. The number of carbonyl (C=O) groups is 2. The van der Waals surface area contributed by atoms with E-state index in [1.807, 2.05) is 0 Å². The van der Waals surface area contributed by atoms with Crippen molar-refractivity contribution in [3.8, 4) is 0 Å². The summed E-state index contributed by atoms with van der Waals surface area (Å²) in [6.07, 6.45) is 0. The quantitative estimate of drug-likeness (QED) is 0.753. The van der Waals surface area contributed by atoms with Crippen molar-refractivity contribution in [2.45, 2.75) is 20.8 Å². The van der Waals surface area contributed by atoms with Crippen molar-refractivity contribution in [2.75, 3.05) is 13.2 Å². The van der Waals surface area contributed by atoms with E-state index in [2.05, 4.69) is 15.0 Å². The molecular formula is C12H16N2O4. The molecule has 0 atom stereocenters. The first-order valence-electron chi connectivity index (χ1n) is 5.60. The first kappa shape index (κ1) is 14.0. The predicted octanol–water partition coefficient (Wildman–Crippen LogP) is 0.285. The van der Waals surface area contributed by atoms with Crippen molar-refractivity contribution in [3.05, 3.63) is 33.2 Å². The van der Waals surface area contributed by atoms with E-state index < -0.39 is 17.4 Å². The molecule has 0 unspecified atom stereocenters. The number of aromatic amines is 1. The molecular weight excluding hydrogens is 236 g/mol. The lowest BCUT2D eigenvalue weighted by molar-refractivity contribution is -0.141. The molecule has 0 aliphatic rings. The van der Waals surface area contributed by atoms with Gasteiger partial charge in [0.1, 0.15) is 12.1 Å². The SMILES string of the molecule is CCOC(=O)CNC(=O)c1c(C)cc(C)[nH]c1=O. The Hall–Kier alpha value is -2.11. The van der Waals surface area contributed by atoms with Gasteiger partial charge >= 0.3 is 5.97 Å². The Morgan fingerprint density at radius 1 is 1.39 bits per heavy atom. The first-order valence-corrected chi connectivity index (χ1v) is 5.60. The minimum Gasteiger partial charge on any atom is -0.465 e. The lowest BCUT2D eigenvalue weighted by Gasteiger charge is -2.07. The number of pyridine rings is 1. The molecule has 0 radical (unpaired) electrons. The molecule has 0 aromatic carbocycles. The van der Waals surface area contributed by atoms with Gasteiger partial charge in [0.25, 0.3) is 11.5 Å². The van der Waals surface area contributed by atoms with Crippen molar-refractivity contribution in [2.24, 2.45) is 0 Å². The van der Waals surface area contributed by atoms with E-state index in [9.17, 15) is 14.4 Å². The molecule has 6 nitrogen and oxygen atoms in total. The van der Waals surface area contributed by atoms with Crippen LogP contribution in [0.2, 0.25) is 0 Å². The van der Waals surface area contributed by atoms with Gasteiger partial charge in [-0.3, -0.25) is 14.4 Å². The summed E-state index contributed by atoms with van der Waals surface area (Å²) < 4.78 is 4.67. The Balaban J connectivity index is 2.80. The zero-order valence-corrected chi connectivity index (χ0v) is 10.6. The van der Waals surface area contributed by atoms with E-state index in [0.29, 0.717) is 11.3 Å². The number of nitrogens with one attached hydrogen (secondary N) is 2. The van der Waals surface area contributed by atoms with Crippen LogP contribution < -0.4 is 10.9 Å². The van der Waals surface area contributed by atoms with Crippen molar-refractivity contribution in [1.82, 2.24) is 10.3 Å². The van der Waals surface area contributed by atoms with Gasteiger partial charge in [-0.15, -0.1) is 0 Å². The van der Waals surface area contributed by atoms with Crippen LogP contribution in [-0.2, 0) is 9.53 Å². The van der Waals surface area contributed by atoms with E-state index in [1.54, 1.807) is 26.8 Å². The van der Waals surface area contributed by atoms with Gasteiger partial charge in [0.2, 0.25) is 0 Å². The third-order valence-corrected chi connectivity index (χ3v) is 2.29. The van der Waals surface area contributed by atoms with E-state index in [-0.39, 0.29) is 18.7 Å². The lowest BCUT2D eigenvalue weighted by Crippen LogP contribution is -2.35. The average molecular weight is 252 g/mol. The highest BCUT2D eigenvalue weighted by Crippen LogP contribution is 2.02. The summed E-state index contributed by atoms with van der Waals surface area (Å²) in [6, 6.07) is 1.70. The van der Waals surface area contributed by atoms with Crippen molar-refractivity contribution < 1.29 is 14.3 Å². The Morgan fingerprint density at radius 3 is 2.61 bits per heavy atom. The molecule has 2 N–H and O–H groups in total. The van der Waals surface area contributed by atoms with Gasteiger partial charge in [-0.1, -0.05) is 0 Å². The standard InChI is InChI=1S/C12H16N2O4/c1-4-18-9(15)6-13-11(16)10-7(2)5-8(3)14-12(10)17/h5H,4,6H2,1-3H3,(H,13,16)(H,14,17). The van der Waals surface area contributed by atoms with Gasteiger partial charge in [0.15, 0.2) is 0 Å². The van der Waals surface area contributed by atoms with E-state index in [1.165, 1.54) is 0 Å². The number of carbonyl (C=O) groups excluding carboxylic acids is 2. The van der Waals surface area contributed by atoms with Crippen LogP contribution in [0.1, 0.15) is 28.5 Å². The second-order valence-corrected chi connectivity index (χ2v) is 3.83. The monoisotopic (exact) mass is 252 g/mol. The molecule has 1 aromatic rings. The van der Waals surface area contributed by atoms with Crippen LogP contribution >= 0.6 is 0 Å². The maximum absolute atomic E-state index is 11.8. The number of aromatic nitrogens is 1. The summed E-state index contributed by atoms with van der Waals surface area (Å²) >= 11 is 0. The molecule has 0 spiro atoms. The van der Waals surface area contributed by atoms with Gasteiger partial charge in [-0.2, -0.15) is 0 Å². The number of rotatable bonds is 4. The fourth-order valence-electron chi connectivity index (χ4n) is 1.59. The summed E-state index contributed by atoms with van der Waals surface area (Å²) in [4.78, 5) is 37.0. The molecule has 0 aliphatic heterocycles. The molecule has 1 amide bonds. The second-order valence-electron chi connectivity index (χ2n) is 3.83. The van der Waals surface area contributed by atoms with E-state index >= 15 is 0 Å². The van der Waals surface area contributed by atoms with E-state index in [4.69, 9.17) is 0 Å². The second kappa shape index (κ2) is 6.00. The zero-order chi connectivity index (χ0) is 13.7. The lowest BCUT2D eigenvalue weighted by atomic mass is 10.1. The van der Waals surface area contributed by atoms with Gasteiger partial charge < -0.3 is 15.0 Å². The highest BCUT2D eigenvalue weighted by Gasteiger charge is 2.15. The number of hydrogen-bond donors (Lipinski definition) is 2. The summed E-state index contributed by atoms with van der Waals surface area (Å²) in [7, 11) is 0. The largest absolute Gasteiger partial charge is 0.465 e. The number of hydrogen-bond acceptors (Lipinski definition) is 4. The average Bonchev–Trinajstić information content (AvgIpc) is 2.25. The number of esters is 1. The minimum atomic E-state index is -0.582. The van der Waals surface area contributed by atoms with Gasteiger partial charge in [-0.25, -0.2) is 0 Å². The maximum atomic E-state index is 11.8. The fourth-order valence-corrected chi connectivity index (χ4v) is 1.59. The molecule has 98 valence electrons. The summed E-state index contributed by atoms with van der Waals surface area (Å²) in [6.45, 7) is 5.07. The third kappa shape index (κ3) is 3.44. The van der Waals surface area contributed by atoms with Crippen LogP contribution in [0.25, 0.3) is 0 Å². The molecule has 1 aromatic heterocycles. The third-order valence-electron chi connectivity index (χ3n) is 2.29. The summed E-state index contributed by atoms with van der Waals surface area (Å²) in [5.74, 6) is -1.12. The van der Waals surface area contributed by atoms with Crippen LogP contribution in [-0.4, -0.2) is 30.0 Å². The molecule has 0 saturated heterocycles. The predicted molar refractivity (Wildman–Crippen MR) is 65.5 cm³/mol. The van der Waals surface area contributed by atoms with Crippen LogP contribution in [0.5, 0.6) is 0 Å². The van der Waals surface area contributed by atoms with Crippen molar-refractivity contribution >= 4 is 11.9 Å². The molecule has 1 rings (SSSR count). The summed E-state index contributed by atoms with van der Waals surface area (Å²) in [5.41, 5.74) is 0.802. The number of amides is 1. The molecule has 0 fully saturated rings. The summed E-state index contributed by atoms with van der Waals surface area (Å²) in [5, 5.41) is 2.35. The van der Waals surface area contributed by atoms with Crippen LogP contribution in [0, 0.1) is 13.8 Å². The Kier molecular flexibility index (Phi) is 4.65. The van der Waals surface area contributed by atoms with Crippen LogP contribution in [0.3, 0.4) is 0 Å². The number of H-pyrrole nitrogens is 1. The Labute approximate surface area is 104 Å². The first-order chi connectivity index (χ1) is 8.45. The van der Waals surface area contributed by atoms with Crippen molar-refractivity contribution in [3.63, 3.8) is 0 Å². The maximum Gasteiger partial charge on any atom is 0.325 e. The van der Waals surface area contributed by atoms with Gasteiger partial charge in [0.05, 0.1) is 6.61 Å². The number of ether oxygens (including phenoxy) is 1. The smallest absolute Gasteiger partial charge is 0.325 e. The minimum absolute atomic E-state index is 0.0184.